The van der Waals surface area contributed by atoms with Crippen molar-refractivity contribution in [2.24, 2.45) is 0 Å². The predicted octanol–water partition coefficient (Wildman–Crippen LogP) is 1.79. The van der Waals surface area contributed by atoms with E-state index in [2.05, 4.69) is 11.9 Å². The van der Waals surface area contributed by atoms with E-state index in [4.69, 9.17) is 0 Å². The number of rotatable bonds is 8. The van der Waals surface area contributed by atoms with Crippen LogP contribution in [0.25, 0.3) is 0 Å². The molecule has 0 bridgehead atoms. The van der Waals surface area contributed by atoms with Crippen LogP contribution >= 0.6 is 0 Å². The van der Waals surface area contributed by atoms with Crippen LogP contribution in [0.15, 0.2) is 12.7 Å². The van der Waals surface area contributed by atoms with Gasteiger partial charge in [-0.1, -0.05) is 6.58 Å². The first-order valence-electron chi connectivity index (χ1n) is 5.77. The average Bonchev–Trinajstić information content (AvgIpc) is 2.22. The molecule has 4 heteroatoms. The Bertz CT molecular complexity index is 319. The lowest BCUT2D eigenvalue weighted by Crippen LogP contribution is -2.49. The highest BCUT2D eigenvalue weighted by atomic mass is 16.2. The second kappa shape index (κ2) is 6.99. The van der Waals surface area contributed by atoms with Gasteiger partial charge in [-0.25, -0.2) is 0 Å². The van der Waals surface area contributed by atoms with Gasteiger partial charge in [0.25, 0.3) is 0 Å². The van der Waals surface area contributed by atoms with Crippen molar-refractivity contribution in [1.29, 1.82) is 0 Å². The van der Waals surface area contributed by atoms with Gasteiger partial charge in [0.2, 0.25) is 5.91 Å². The first-order valence-corrected chi connectivity index (χ1v) is 5.77. The summed E-state index contributed by atoms with van der Waals surface area (Å²) in [5.74, 6) is -0.250. The Balaban J connectivity index is 4.07. The lowest BCUT2D eigenvalue weighted by Gasteiger charge is -2.23. The second-order valence-electron chi connectivity index (χ2n) is 4.65. The highest BCUT2D eigenvalue weighted by Crippen LogP contribution is 2.11. The normalized spacial score (nSPS) is 10.8. The van der Waals surface area contributed by atoms with E-state index in [-0.39, 0.29) is 17.5 Å². The largest absolute Gasteiger partial charge is 0.341 e. The van der Waals surface area contributed by atoms with Crippen LogP contribution in [0, 0.1) is 0 Å². The molecule has 0 rings (SSSR count). The van der Waals surface area contributed by atoms with Crippen LogP contribution in [0.5, 0.6) is 0 Å². The topological polar surface area (TPSA) is 63.2 Å². The predicted molar refractivity (Wildman–Crippen MR) is 66.6 cm³/mol. The number of amides is 1. The van der Waals surface area contributed by atoms with Crippen molar-refractivity contribution >= 4 is 17.5 Å². The van der Waals surface area contributed by atoms with Gasteiger partial charge in [-0.2, -0.15) is 0 Å². The van der Waals surface area contributed by atoms with Gasteiger partial charge in [0.1, 0.15) is 5.78 Å². The Morgan fingerprint density at radius 1 is 1.18 bits per heavy atom. The van der Waals surface area contributed by atoms with Crippen LogP contribution in [-0.4, -0.2) is 23.0 Å². The van der Waals surface area contributed by atoms with E-state index in [9.17, 15) is 14.4 Å². The number of carbonyl (C=O) groups excluding carboxylic acids is 3. The van der Waals surface area contributed by atoms with Crippen molar-refractivity contribution in [3.63, 3.8) is 0 Å². The van der Waals surface area contributed by atoms with Gasteiger partial charge in [0, 0.05) is 12.8 Å². The van der Waals surface area contributed by atoms with Crippen LogP contribution < -0.4 is 5.32 Å². The van der Waals surface area contributed by atoms with Gasteiger partial charge in [-0.3, -0.25) is 9.59 Å². The lowest BCUT2D eigenvalue weighted by molar-refractivity contribution is -0.129. The van der Waals surface area contributed by atoms with E-state index in [1.54, 1.807) is 13.8 Å². The number of nitrogens with one attached hydrogen (secondary N) is 1. The summed E-state index contributed by atoms with van der Waals surface area (Å²) in [6.07, 6.45) is 3.41. The molecule has 1 amide bonds. The third kappa shape index (κ3) is 6.66. The van der Waals surface area contributed by atoms with Crippen molar-refractivity contribution in [3.8, 4) is 0 Å². The van der Waals surface area contributed by atoms with Crippen LogP contribution in [0.1, 0.15) is 46.5 Å². The van der Waals surface area contributed by atoms with Gasteiger partial charge >= 0.3 is 0 Å². The molecule has 0 atom stereocenters. The molecular weight excluding hydrogens is 218 g/mol. The zero-order valence-electron chi connectivity index (χ0n) is 10.8. The van der Waals surface area contributed by atoms with Crippen molar-refractivity contribution in [1.82, 2.24) is 5.32 Å². The Morgan fingerprint density at radius 2 is 1.71 bits per heavy atom. The quantitative estimate of drug-likeness (QED) is 0.519. The van der Waals surface area contributed by atoms with Gasteiger partial charge in [0.15, 0.2) is 5.78 Å². The molecule has 0 spiro atoms. The number of ketones is 2. The molecule has 0 heterocycles. The minimum Gasteiger partial charge on any atom is -0.341 e. The van der Waals surface area contributed by atoms with Crippen LogP contribution in [0.4, 0.5) is 0 Å². The molecule has 4 nitrogen and oxygen atoms in total. The van der Waals surface area contributed by atoms with Crippen molar-refractivity contribution in [2.75, 3.05) is 0 Å². The van der Waals surface area contributed by atoms with Crippen molar-refractivity contribution in [3.05, 3.63) is 12.7 Å². The molecule has 0 aromatic carbocycles. The highest BCUT2D eigenvalue weighted by Gasteiger charge is 2.27. The molecule has 96 valence electrons. The van der Waals surface area contributed by atoms with Crippen LogP contribution in [-0.2, 0) is 14.4 Å². The third-order valence-electron chi connectivity index (χ3n) is 2.50. The molecule has 0 aliphatic heterocycles. The summed E-state index contributed by atoms with van der Waals surface area (Å²) < 4.78 is 0. The minimum absolute atomic E-state index is 0.0312. The zero-order valence-corrected chi connectivity index (χ0v) is 10.8. The summed E-state index contributed by atoms with van der Waals surface area (Å²) >= 11 is 0. The fourth-order valence-corrected chi connectivity index (χ4v) is 1.40. The molecule has 0 aromatic rings. The van der Waals surface area contributed by atoms with E-state index in [1.807, 2.05) is 0 Å². The molecule has 0 saturated heterocycles. The number of Topliss-reactive ketones (excluding diaryl/α,β-unsaturated/α-hetero) is 2. The maximum absolute atomic E-state index is 11.8. The molecule has 1 N–H and O–H groups in total. The molecule has 0 saturated carbocycles. The van der Waals surface area contributed by atoms with E-state index in [1.165, 1.54) is 6.92 Å². The van der Waals surface area contributed by atoms with Crippen molar-refractivity contribution < 1.29 is 14.4 Å². The molecule has 0 aliphatic carbocycles. The number of carbonyl (C=O) groups is 3. The monoisotopic (exact) mass is 239 g/mol. The van der Waals surface area contributed by atoms with E-state index in [0.717, 1.165) is 6.08 Å². The standard InChI is InChI=1S/C13H21NO3/c1-5-12(17)14-13(3,4)11(16)9-7-6-8-10(2)15/h5H,1,6-9H2,2-4H3,(H,14,17). The molecule has 0 aliphatic rings. The first-order chi connectivity index (χ1) is 7.79. The van der Waals surface area contributed by atoms with Crippen molar-refractivity contribution in [2.45, 2.75) is 52.0 Å². The number of unbranched alkanes of at least 4 members (excludes halogenated alkanes) is 1. The third-order valence-corrected chi connectivity index (χ3v) is 2.50. The number of hydrogen-bond donors (Lipinski definition) is 1. The summed E-state index contributed by atoms with van der Waals surface area (Å²) in [4.78, 5) is 33.7. The van der Waals surface area contributed by atoms with Gasteiger partial charge in [-0.05, 0) is 39.7 Å². The molecule has 17 heavy (non-hydrogen) atoms. The van der Waals surface area contributed by atoms with Crippen LogP contribution in [0.3, 0.4) is 0 Å². The molecule has 0 unspecified atom stereocenters. The molecule has 0 fully saturated rings. The summed E-state index contributed by atoms with van der Waals surface area (Å²) in [7, 11) is 0. The van der Waals surface area contributed by atoms with E-state index >= 15 is 0 Å². The van der Waals surface area contributed by atoms with Crippen LogP contribution in [0.2, 0.25) is 0 Å². The Labute approximate surface area is 102 Å². The lowest BCUT2D eigenvalue weighted by atomic mass is 9.94. The van der Waals surface area contributed by atoms with E-state index in [0.29, 0.717) is 25.7 Å². The fourth-order valence-electron chi connectivity index (χ4n) is 1.40. The highest BCUT2D eigenvalue weighted by molar-refractivity contribution is 5.95. The first kappa shape index (κ1) is 15.6. The van der Waals surface area contributed by atoms with E-state index < -0.39 is 5.54 Å². The smallest absolute Gasteiger partial charge is 0.244 e. The molecule has 0 aromatic heterocycles. The Morgan fingerprint density at radius 3 is 2.18 bits per heavy atom. The van der Waals surface area contributed by atoms with Gasteiger partial charge in [0.05, 0.1) is 5.54 Å². The molecule has 0 radical (unpaired) electrons. The SMILES string of the molecule is C=CC(=O)NC(C)(C)C(=O)CCCCC(C)=O. The minimum atomic E-state index is -0.874. The second-order valence-corrected chi connectivity index (χ2v) is 4.65. The zero-order chi connectivity index (χ0) is 13.5. The fraction of sp³-hybridized carbons (Fsp3) is 0.615. The summed E-state index contributed by atoms with van der Waals surface area (Å²) in [5, 5.41) is 2.58. The Kier molecular flexibility index (Phi) is 6.39. The van der Waals surface area contributed by atoms with Gasteiger partial charge in [-0.15, -0.1) is 0 Å². The maximum Gasteiger partial charge on any atom is 0.244 e. The maximum atomic E-state index is 11.8. The summed E-state index contributed by atoms with van der Waals surface area (Å²) in [6, 6.07) is 0. The molecular formula is C13H21NO3. The average molecular weight is 239 g/mol. The number of hydrogen-bond acceptors (Lipinski definition) is 3. The summed E-state index contributed by atoms with van der Waals surface area (Å²) in [5.41, 5.74) is -0.874. The van der Waals surface area contributed by atoms with Gasteiger partial charge < -0.3 is 10.1 Å². The Hall–Kier alpha value is -1.45. The summed E-state index contributed by atoms with van der Waals surface area (Å²) in [6.45, 7) is 8.21.